The molecule has 1 aliphatic heterocycles. The minimum atomic E-state index is -0.891. The maximum atomic E-state index is 11.4. The lowest BCUT2D eigenvalue weighted by atomic mass is 9.83. The number of carboxylic acids is 1. The predicted molar refractivity (Wildman–Crippen MR) is 58.9 cm³/mol. The van der Waals surface area contributed by atoms with E-state index >= 15 is 0 Å². The van der Waals surface area contributed by atoms with Crippen LogP contribution in [0.15, 0.2) is 0 Å². The van der Waals surface area contributed by atoms with E-state index in [-0.39, 0.29) is 5.91 Å². The van der Waals surface area contributed by atoms with Gasteiger partial charge in [-0.1, -0.05) is 25.7 Å². The number of carboxylic acid groups (broad SMARTS) is 1. The molecule has 4 nitrogen and oxygen atoms in total. The highest BCUT2D eigenvalue weighted by Crippen LogP contribution is 2.37. The minimum absolute atomic E-state index is 0.104. The summed E-state index contributed by atoms with van der Waals surface area (Å²) in [5, 5.41) is 11.6. The molecular weight excluding hydrogens is 206 g/mol. The maximum Gasteiger partial charge on any atom is 0.326 e. The fourth-order valence-corrected chi connectivity index (χ4v) is 3.08. The van der Waals surface area contributed by atoms with Gasteiger partial charge in [-0.2, -0.15) is 0 Å². The van der Waals surface area contributed by atoms with Crippen LogP contribution in [0.2, 0.25) is 0 Å². The van der Waals surface area contributed by atoms with E-state index in [2.05, 4.69) is 5.32 Å². The summed E-state index contributed by atoms with van der Waals surface area (Å²) in [6, 6.07) is -0.666. The van der Waals surface area contributed by atoms with Crippen molar-refractivity contribution in [1.82, 2.24) is 5.32 Å². The van der Waals surface area contributed by atoms with E-state index < -0.39 is 12.0 Å². The third kappa shape index (κ3) is 2.54. The van der Waals surface area contributed by atoms with Crippen molar-refractivity contribution in [3.63, 3.8) is 0 Å². The van der Waals surface area contributed by atoms with Crippen LogP contribution in [0.4, 0.5) is 0 Å². The van der Waals surface area contributed by atoms with Gasteiger partial charge in [0.15, 0.2) is 0 Å². The van der Waals surface area contributed by atoms with Gasteiger partial charge in [-0.05, 0) is 24.7 Å². The quantitative estimate of drug-likeness (QED) is 0.749. The second kappa shape index (κ2) is 4.85. The van der Waals surface area contributed by atoms with Gasteiger partial charge in [0.2, 0.25) is 5.91 Å². The molecule has 16 heavy (non-hydrogen) atoms. The van der Waals surface area contributed by atoms with Crippen molar-refractivity contribution in [2.45, 2.75) is 51.0 Å². The first-order valence-corrected chi connectivity index (χ1v) is 6.19. The number of hydrogen-bond acceptors (Lipinski definition) is 2. The van der Waals surface area contributed by atoms with Crippen LogP contribution in [-0.2, 0) is 9.59 Å². The van der Waals surface area contributed by atoms with Gasteiger partial charge in [0.25, 0.3) is 0 Å². The average molecular weight is 225 g/mol. The summed E-state index contributed by atoms with van der Waals surface area (Å²) < 4.78 is 0. The standard InChI is InChI=1S/C12H19NO3/c14-11-6-5-9(8-3-1-2-4-8)7-10(13-11)12(15)16/h8-10H,1-7H2,(H,13,14)(H,15,16). The van der Waals surface area contributed by atoms with Crippen LogP contribution in [-0.4, -0.2) is 23.0 Å². The molecule has 1 aliphatic carbocycles. The van der Waals surface area contributed by atoms with Crippen LogP contribution < -0.4 is 5.32 Å². The molecule has 2 rings (SSSR count). The molecule has 2 atom stereocenters. The Kier molecular flexibility index (Phi) is 3.46. The lowest BCUT2D eigenvalue weighted by Crippen LogP contribution is -2.40. The highest BCUT2D eigenvalue weighted by Gasteiger charge is 2.33. The van der Waals surface area contributed by atoms with Gasteiger partial charge in [-0.25, -0.2) is 4.79 Å². The van der Waals surface area contributed by atoms with E-state index in [1.54, 1.807) is 0 Å². The third-order valence-electron chi connectivity index (χ3n) is 3.98. The Morgan fingerprint density at radius 3 is 2.50 bits per heavy atom. The van der Waals surface area contributed by atoms with Crippen LogP contribution in [0.5, 0.6) is 0 Å². The molecule has 2 fully saturated rings. The van der Waals surface area contributed by atoms with Crippen molar-refractivity contribution in [2.75, 3.05) is 0 Å². The van der Waals surface area contributed by atoms with Crippen LogP contribution in [0.1, 0.15) is 44.9 Å². The summed E-state index contributed by atoms with van der Waals surface area (Å²) in [4.78, 5) is 22.4. The molecule has 1 amide bonds. The highest BCUT2D eigenvalue weighted by atomic mass is 16.4. The van der Waals surface area contributed by atoms with Gasteiger partial charge in [-0.15, -0.1) is 0 Å². The molecule has 1 saturated carbocycles. The van der Waals surface area contributed by atoms with Gasteiger partial charge in [0.1, 0.15) is 6.04 Å². The maximum absolute atomic E-state index is 11.4. The molecule has 90 valence electrons. The molecule has 0 aromatic carbocycles. The number of carbonyl (C=O) groups excluding carboxylic acids is 1. The zero-order valence-electron chi connectivity index (χ0n) is 9.45. The first-order valence-electron chi connectivity index (χ1n) is 6.19. The Bertz CT molecular complexity index is 284. The largest absolute Gasteiger partial charge is 0.480 e. The zero-order valence-corrected chi connectivity index (χ0v) is 9.45. The molecule has 0 bridgehead atoms. The van der Waals surface area contributed by atoms with Crippen LogP contribution >= 0.6 is 0 Å². The number of hydrogen-bond donors (Lipinski definition) is 2. The molecule has 2 N–H and O–H groups in total. The Balaban J connectivity index is 2.02. The van der Waals surface area contributed by atoms with E-state index in [4.69, 9.17) is 5.11 Å². The fraction of sp³-hybridized carbons (Fsp3) is 0.833. The zero-order chi connectivity index (χ0) is 11.5. The van der Waals surface area contributed by atoms with E-state index in [0.717, 1.165) is 6.42 Å². The Morgan fingerprint density at radius 1 is 1.19 bits per heavy atom. The lowest BCUT2D eigenvalue weighted by Gasteiger charge is -2.22. The monoisotopic (exact) mass is 225 g/mol. The van der Waals surface area contributed by atoms with Crippen LogP contribution in [0.3, 0.4) is 0 Å². The summed E-state index contributed by atoms with van der Waals surface area (Å²) in [6.45, 7) is 0. The van der Waals surface area contributed by atoms with E-state index in [1.807, 2.05) is 0 Å². The van der Waals surface area contributed by atoms with Crippen molar-refractivity contribution < 1.29 is 14.7 Å². The normalized spacial score (nSPS) is 32.1. The average Bonchev–Trinajstić information content (AvgIpc) is 2.68. The lowest BCUT2D eigenvalue weighted by molar-refractivity contribution is -0.141. The summed E-state index contributed by atoms with van der Waals surface area (Å²) in [7, 11) is 0. The molecule has 2 unspecified atom stereocenters. The Morgan fingerprint density at radius 2 is 1.88 bits per heavy atom. The molecule has 0 spiro atoms. The number of rotatable bonds is 2. The molecular formula is C12H19NO3. The number of carbonyl (C=O) groups is 2. The number of nitrogens with one attached hydrogen (secondary N) is 1. The second-order valence-corrected chi connectivity index (χ2v) is 5.04. The molecule has 2 aliphatic rings. The molecule has 0 aromatic heterocycles. The Labute approximate surface area is 95.4 Å². The van der Waals surface area contributed by atoms with Crippen LogP contribution in [0, 0.1) is 11.8 Å². The molecule has 1 heterocycles. The third-order valence-corrected chi connectivity index (χ3v) is 3.98. The van der Waals surface area contributed by atoms with Gasteiger partial charge in [0.05, 0.1) is 0 Å². The van der Waals surface area contributed by atoms with E-state index in [9.17, 15) is 9.59 Å². The molecule has 1 saturated heterocycles. The Hall–Kier alpha value is -1.06. The smallest absolute Gasteiger partial charge is 0.326 e. The summed E-state index contributed by atoms with van der Waals surface area (Å²) in [5.41, 5.74) is 0. The van der Waals surface area contributed by atoms with E-state index in [1.165, 1.54) is 25.7 Å². The van der Waals surface area contributed by atoms with Crippen molar-refractivity contribution in [1.29, 1.82) is 0 Å². The van der Waals surface area contributed by atoms with Gasteiger partial charge >= 0.3 is 5.97 Å². The first kappa shape index (κ1) is 11.4. The van der Waals surface area contributed by atoms with Gasteiger partial charge in [0, 0.05) is 6.42 Å². The minimum Gasteiger partial charge on any atom is -0.480 e. The van der Waals surface area contributed by atoms with Gasteiger partial charge < -0.3 is 10.4 Å². The first-order chi connectivity index (χ1) is 7.66. The van der Waals surface area contributed by atoms with Gasteiger partial charge in [-0.3, -0.25) is 4.79 Å². The predicted octanol–water partition coefficient (Wildman–Crippen LogP) is 1.55. The second-order valence-electron chi connectivity index (χ2n) is 5.04. The summed E-state index contributed by atoms with van der Waals surface area (Å²) >= 11 is 0. The van der Waals surface area contributed by atoms with Crippen molar-refractivity contribution in [3.8, 4) is 0 Å². The van der Waals surface area contributed by atoms with Crippen molar-refractivity contribution in [2.24, 2.45) is 11.8 Å². The van der Waals surface area contributed by atoms with E-state index in [0.29, 0.717) is 24.7 Å². The molecule has 0 aromatic rings. The van der Waals surface area contributed by atoms with Crippen molar-refractivity contribution >= 4 is 11.9 Å². The fourth-order valence-electron chi connectivity index (χ4n) is 3.08. The number of amides is 1. The highest BCUT2D eigenvalue weighted by molar-refractivity contribution is 5.83. The topological polar surface area (TPSA) is 66.4 Å². The number of aliphatic carboxylic acids is 1. The molecule has 0 radical (unpaired) electrons. The molecule has 4 heteroatoms. The van der Waals surface area contributed by atoms with Crippen molar-refractivity contribution in [3.05, 3.63) is 0 Å². The summed E-state index contributed by atoms with van der Waals surface area (Å²) in [6.07, 6.45) is 6.92. The van der Waals surface area contributed by atoms with Crippen LogP contribution in [0.25, 0.3) is 0 Å². The summed E-state index contributed by atoms with van der Waals surface area (Å²) in [5.74, 6) is 0.0724. The SMILES string of the molecule is O=C1CCC(C2CCCC2)CC(C(=O)O)N1.